The van der Waals surface area contributed by atoms with E-state index in [0.29, 0.717) is 19.0 Å². The van der Waals surface area contributed by atoms with E-state index in [1.54, 1.807) is 15.9 Å². The van der Waals surface area contributed by atoms with E-state index in [0.717, 1.165) is 17.0 Å². The maximum absolute atomic E-state index is 15.5. The Hall–Kier alpha value is -4.82. The Morgan fingerprint density at radius 2 is 1.91 bits per heavy atom. The van der Waals surface area contributed by atoms with Gasteiger partial charge in [-0.25, -0.2) is 9.37 Å². The smallest absolute Gasteiger partial charge is 0.359 e. The summed E-state index contributed by atoms with van der Waals surface area (Å²) in [5.41, 5.74) is -0.683. The number of hydrogen-bond acceptors (Lipinski definition) is 8. The first-order valence-electron chi connectivity index (χ1n) is 13.8. The number of pyridine rings is 1. The summed E-state index contributed by atoms with van der Waals surface area (Å²) in [6.45, 7) is 5.53. The minimum Gasteiger partial charge on any atom is -0.359 e. The van der Waals surface area contributed by atoms with Crippen molar-refractivity contribution in [3.8, 4) is 0 Å². The third kappa shape index (κ3) is 5.05. The fourth-order valence-electron chi connectivity index (χ4n) is 6.02. The van der Waals surface area contributed by atoms with Crippen LogP contribution in [-0.2, 0) is 27.1 Å². The Balaban J connectivity index is 1.34. The molecule has 0 N–H and O–H groups in total. The van der Waals surface area contributed by atoms with E-state index in [9.17, 15) is 27.6 Å². The fraction of sp³-hybridized carbons (Fsp3) is 0.379. The zero-order chi connectivity index (χ0) is 31.5. The predicted octanol–water partition coefficient (Wildman–Crippen LogP) is 3.45. The fourth-order valence-corrected chi connectivity index (χ4v) is 6.02. The SMILES string of the molecule is C=CC(=O)N1CC(c2nc(CN3C[C@H]4CC(=O)N(c5cc(C(F)(F)F)cc(C)n5)[C@@H]4C(=O)N(C)c4cccc(F)c43)no2)C1. The lowest BCUT2D eigenvalue weighted by Gasteiger charge is -2.38. The summed E-state index contributed by atoms with van der Waals surface area (Å²) in [7, 11) is 1.42. The number of aromatic nitrogens is 3. The minimum atomic E-state index is -4.69. The highest BCUT2D eigenvalue weighted by molar-refractivity contribution is 6.10. The summed E-state index contributed by atoms with van der Waals surface area (Å²) in [6, 6.07) is 4.64. The summed E-state index contributed by atoms with van der Waals surface area (Å²) in [4.78, 5) is 53.1. The van der Waals surface area contributed by atoms with Crippen LogP contribution in [0.3, 0.4) is 0 Å². The van der Waals surface area contributed by atoms with Crippen LogP contribution in [0.1, 0.15) is 35.3 Å². The second-order valence-corrected chi connectivity index (χ2v) is 11.1. The molecule has 5 heterocycles. The van der Waals surface area contributed by atoms with Crippen LogP contribution < -0.4 is 14.7 Å². The Labute approximate surface area is 248 Å². The van der Waals surface area contributed by atoms with Gasteiger partial charge in [0.1, 0.15) is 17.7 Å². The number of halogens is 4. The summed E-state index contributed by atoms with van der Waals surface area (Å²) < 4.78 is 61.8. The first kappa shape index (κ1) is 29.3. The number of alkyl halides is 3. The van der Waals surface area contributed by atoms with Gasteiger partial charge in [0.2, 0.25) is 23.6 Å². The Morgan fingerprint density at radius 1 is 1.16 bits per heavy atom. The number of benzene rings is 1. The number of likely N-dealkylation sites (tertiary alicyclic amines) is 1. The molecule has 3 aromatic rings. The molecule has 3 aliphatic heterocycles. The number of aryl methyl sites for hydroxylation is 1. The van der Waals surface area contributed by atoms with Gasteiger partial charge in [0.15, 0.2) is 5.82 Å². The van der Waals surface area contributed by atoms with Crippen LogP contribution in [0.5, 0.6) is 0 Å². The van der Waals surface area contributed by atoms with E-state index in [1.807, 2.05) is 0 Å². The molecule has 230 valence electrons. The minimum absolute atomic E-state index is 0.0206. The number of anilines is 3. The molecule has 2 fully saturated rings. The van der Waals surface area contributed by atoms with Crippen molar-refractivity contribution in [2.24, 2.45) is 5.92 Å². The molecule has 1 aromatic carbocycles. The molecular weight excluding hydrogens is 586 g/mol. The van der Waals surface area contributed by atoms with Gasteiger partial charge in [-0.3, -0.25) is 19.3 Å². The van der Waals surface area contributed by atoms with Gasteiger partial charge in [0, 0.05) is 44.7 Å². The van der Waals surface area contributed by atoms with Crippen molar-refractivity contribution in [1.82, 2.24) is 20.0 Å². The zero-order valence-corrected chi connectivity index (χ0v) is 23.7. The van der Waals surface area contributed by atoms with Gasteiger partial charge in [0.25, 0.3) is 0 Å². The monoisotopic (exact) mass is 613 g/mol. The lowest BCUT2D eigenvalue weighted by molar-refractivity contribution is -0.137. The van der Waals surface area contributed by atoms with E-state index < -0.39 is 41.3 Å². The number of amides is 3. The highest BCUT2D eigenvalue weighted by Gasteiger charge is 2.49. The topological polar surface area (TPSA) is 116 Å². The van der Waals surface area contributed by atoms with Crippen LogP contribution in [0.4, 0.5) is 34.8 Å². The normalized spacial score (nSPS) is 20.7. The average molecular weight is 614 g/mol. The van der Waals surface area contributed by atoms with Gasteiger partial charge in [-0.15, -0.1) is 0 Å². The molecule has 3 amide bonds. The molecule has 0 unspecified atom stereocenters. The molecular formula is C29H27F4N7O4. The largest absolute Gasteiger partial charge is 0.416 e. The molecule has 0 bridgehead atoms. The number of para-hydroxylation sites is 1. The maximum Gasteiger partial charge on any atom is 0.416 e. The number of nitrogens with zero attached hydrogens (tertiary/aromatic N) is 7. The molecule has 2 aromatic heterocycles. The van der Waals surface area contributed by atoms with Crippen molar-refractivity contribution >= 4 is 34.9 Å². The summed E-state index contributed by atoms with van der Waals surface area (Å²) in [6.07, 6.45) is -3.66. The van der Waals surface area contributed by atoms with Crippen LogP contribution in [0.15, 0.2) is 47.5 Å². The second-order valence-electron chi connectivity index (χ2n) is 11.1. The maximum atomic E-state index is 15.5. The lowest BCUT2D eigenvalue weighted by atomic mass is 9.95. The van der Waals surface area contributed by atoms with Crippen molar-refractivity contribution in [2.45, 2.75) is 38.0 Å². The molecule has 2 saturated heterocycles. The van der Waals surface area contributed by atoms with Gasteiger partial charge in [-0.2, -0.15) is 18.2 Å². The molecule has 2 atom stereocenters. The third-order valence-corrected chi connectivity index (χ3v) is 8.16. The highest BCUT2D eigenvalue weighted by atomic mass is 19.4. The number of rotatable bonds is 5. The van der Waals surface area contributed by atoms with Gasteiger partial charge in [-0.05, 0) is 37.3 Å². The van der Waals surface area contributed by atoms with E-state index in [-0.39, 0.29) is 60.0 Å². The van der Waals surface area contributed by atoms with Crippen molar-refractivity contribution in [2.75, 3.05) is 41.4 Å². The van der Waals surface area contributed by atoms with E-state index >= 15 is 4.39 Å². The lowest BCUT2D eigenvalue weighted by Crippen LogP contribution is -2.52. The van der Waals surface area contributed by atoms with E-state index in [1.165, 1.54) is 37.1 Å². The molecule has 11 nitrogen and oxygen atoms in total. The van der Waals surface area contributed by atoms with Crippen LogP contribution in [0, 0.1) is 18.7 Å². The molecule has 6 rings (SSSR count). The van der Waals surface area contributed by atoms with E-state index in [2.05, 4.69) is 21.7 Å². The molecule has 0 spiro atoms. The first-order chi connectivity index (χ1) is 20.8. The summed E-state index contributed by atoms with van der Waals surface area (Å²) >= 11 is 0. The second kappa shape index (κ2) is 10.7. The Morgan fingerprint density at radius 3 is 2.61 bits per heavy atom. The number of carbonyl (C=O) groups excluding carboxylic acids is 3. The van der Waals surface area contributed by atoms with Crippen LogP contribution >= 0.6 is 0 Å². The van der Waals surface area contributed by atoms with Gasteiger partial charge in [-0.1, -0.05) is 17.8 Å². The van der Waals surface area contributed by atoms with Crippen LogP contribution in [-0.4, -0.2) is 70.5 Å². The molecule has 44 heavy (non-hydrogen) atoms. The first-order valence-corrected chi connectivity index (χ1v) is 13.8. The van der Waals surface area contributed by atoms with Crippen molar-refractivity contribution < 1.29 is 36.5 Å². The Bertz CT molecular complexity index is 1670. The van der Waals surface area contributed by atoms with Crippen molar-refractivity contribution in [3.63, 3.8) is 0 Å². The van der Waals surface area contributed by atoms with Crippen molar-refractivity contribution in [1.29, 1.82) is 0 Å². The average Bonchev–Trinajstić information content (AvgIpc) is 3.52. The summed E-state index contributed by atoms with van der Waals surface area (Å²) in [5.74, 6) is -2.67. The Kier molecular flexibility index (Phi) is 7.13. The van der Waals surface area contributed by atoms with Gasteiger partial charge >= 0.3 is 6.18 Å². The molecule has 0 radical (unpaired) electrons. The number of likely N-dealkylation sites (N-methyl/N-ethyl adjacent to an activating group) is 1. The zero-order valence-electron chi connectivity index (χ0n) is 23.7. The third-order valence-electron chi connectivity index (χ3n) is 8.16. The molecule has 15 heteroatoms. The number of fused-ring (bicyclic) bond motifs is 2. The highest BCUT2D eigenvalue weighted by Crippen LogP contribution is 2.42. The molecule has 3 aliphatic rings. The predicted molar refractivity (Wildman–Crippen MR) is 148 cm³/mol. The molecule has 0 saturated carbocycles. The summed E-state index contributed by atoms with van der Waals surface area (Å²) in [5, 5.41) is 4.05. The van der Waals surface area contributed by atoms with E-state index in [4.69, 9.17) is 4.52 Å². The quantitative estimate of drug-likeness (QED) is 0.318. The standard InChI is InChI=1S/C29H27F4N7O4/c1-4-23(41)38-12-17(13-38)27-35-21(36-44-27)14-39-11-16-9-24(42)40(22-10-18(29(31,32)33)8-15(2)34-22)25(16)28(43)37(3)20-7-5-6-19(30)26(20)39/h4-8,10,16-17,25H,1,9,11-14H2,2-3H3/t16-,25+/m1/s1. The van der Waals surface area contributed by atoms with Crippen molar-refractivity contribution in [3.05, 3.63) is 71.8 Å². The van der Waals surface area contributed by atoms with Gasteiger partial charge < -0.3 is 19.2 Å². The number of carbonyl (C=O) groups is 3. The molecule has 0 aliphatic carbocycles. The van der Waals surface area contributed by atoms with Gasteiger partial charge in [0.05, 0.1) is 29.4 Å². The van der Waals surface area contributed by atoms with Crippen LogP contribution in [0.2, 0.25) is 0 Å². The van der Waals surface area contributed by atoms with Crippen LogP contribution in [0.25, 0.3) is 0 Å². The number of hydrogen-bond donors (Lipinski definition) is 0.